The van der Waals surface area contributed by atoms with Gasteiger partial charge in [-0.1, -0.05) is 41.0 Å². The number of hydrogen-bond donors (Lipinski definition) is 0. The van der Waals surface area contributed by atoms with Crippen molar-refractivity contribution in [3.05, 3.63) is 0 Å². The molecule has 1 aliphatic carbocycles. The summed E-state index contributed by atoms with van der Waals surface area (Å²) in [6, 6.07) is 3.13. The van der Waals surface area contributed by atoms with Crippen LogP contribution in [0.25, 0.3) is 0 Å². The van der Waals surface area contributed by atoms with Crippen LogP contribution >= 0.6 is 0 Å². The minimum atomic E-state index is 0.259. The summed E-state index contributed by atoms with van der Waals surface area (Å²) in [5.41, 5.74) is 0.424. The van der Waals surface area contributed by atoms with Crippen molar-refractivity contribution in [2.75, 3.05) is 13.1 Å². The molecule has 0 bridgehead atoms. The van der Waals surface area contributed by atoms with Crippen LogP contribution < -0.4 is 0 Å². The lowest BCUT2D eigenvalue weighted by molar-refractivity contribution is 0.0187. The summed E-state index contributed by atoms with van der Waals surface area (Å²) in [7, 11) is 0. The van der Waals surface area contributed by atoms with Gasteiger partial charge in [0, 0.05) is 12.6 Å². The molecule has 0 radical (unpaired) electrons. The Hall–Kier alpha value is -0.550. The third kappa shape index (κ3) is 3.62. The summed E-state index contributed by atoms with van der Waals surface area (Å²) >= 11 is 0. The molecule has 2 nitrogen and oxygen atoms in total. The first kappa shape index (κ1) is 16.8. The Bertz CT molecular complexity index is 382. The molecule has 5 unspecified atom stereocenters. The summed E-state index contributed by atoms with van der Waals surface area (Å²) in [5, 5.41) is 9.58. The van der Waals surface area contributed by atoms with Gasteiger partial charge in [-0.05, 0) is 55.4 Å². The highest BCUT2D eigenvalue weighted by Gasteiger charge is 2.41. The third-order valence-corrected chi connectivity index (χ3v) is 6.83. The molecule has 21 heavy (non-hydrogen) atoms. The largest absolute Gasteiger partial charge is 0.299 e. The zero-order valence-corrected chi connectivity index (χ0v) is 14.7. The van der Waals surface area contributed by atoms with Crippen LogP contribution in [0, 0.1) is 40.4 Å². The minimum Gasteiger partial charge on any atom is -0.299 e. The molecule has 0 N–H and O–H groups in total. The normalized spacial score (nSPS) is 39.0. The Balaban J connectivity index is 2.09. The van der Waals surface area contributed by atoms with E-state index in [1.165, 1.54) is 38.8 Å². The Labute approximate surface area is 131 Å². The van der Waals surface area contributed by atoms with Gasteiger partial charge in [-0.15, -0.1) is 0 Å². The lowest BCUT2D eigenvalue weighted by Crippen LogP contribution is -2.51. The summed E-state index contributed by atoms with van der Waals surface area (Å²) in [4.78, 5) is 2.66. The summed E-state index contributed by atoms with van der Waals surface area (Å²) in [6.07, 6.45) is 6.14. The van der Waals surface area contributed by atoms with Gasteiger partial charge in [-0.3, -0.25) is 4.90 Å². The molecular formula is C19H34N2. The van der Waals surface area contributed by atoms with Gasteiger partial charge in [-0.25, -0.2) is 0 Å². The zero-order chi connectivity index (χ0) is 15.6. The van der Waals surface area contributed by atoms with Crippen LogP contribution in [0.15, 0.2) is 0 Å². The van der Waals surface area contributed by atoms with Crippen LogP contribution in [-0.2, 0) is 0 Å². The predicted octanol–water partition coefficient (Wildman–Crippen LogP) is 4.71. The van der Waals surface area contributed by atoms with Crippen molar-refractivity contribution in [3.8, 4) is 6.07 Å². The lowest BCUT2D eigenvalue weighted by atomic mass is 9.65. The molecule has 1 aliphatic heterocycles. The average Bonchev–Trinajstić information content (AvgIpc) is 2.49. The third-order valence-electron chi connectivity index (χ3n) is 6.83. The molecule has 120 valence electrons. The summed E-state index contributed by atoms with van der Waals surface area (Å²) < 4.78 is 0. The Morgan fingerprint density at radius 3 is 2.43 bits per heavy atom. The predicted molar refractivity (Wildman–Crippen MR) is 88.8 cm³/mol. The van der Waals surface area contributed by atoms with Crippen LogP contribution in [0.5, 0.6) is 0 Å². The maximum absolute atomic E-state index is 9.58. The number of nitriles is 1. The van der Waals surface area contributed by atoms with Gasteiger partial charge in [0.1, 0.15) is 0 Å². The maximum atomic E-state index is 9.58. The van der Waals surface area contributed by atoms with Gasteiger partial charge in [-0.2, -0.15) is 5.26 Å². The number of rotatable bonds is 3. The Morgan fingerprint density at radius 2 is 1.86 bits per heavy atom. The first-order valence-corrected chi connectivity index (χ1v) is 9.02. The fourth-order valence-electron chi connectivity index (χ4n) is 4.30. The molecule has 2 fully saturated rings. The van der Waals surface area contributed by atoms with E-state index in [2.05, 4.69) is 45.6 Å². The van der Waals surface area contributed by atoms with Crippen molar-refractivity contribution in [1.29, 1.82) is 5.26 Å². The van der Waals surface area contributed by atoms with Crippen LogP contribution in [0.3, 0.4) is 0 Å². The van der Waals surface area contributed by atoms with E-state index in [1.807, 2.05) is 0 Å². The topological polar surface area (TPSA) is 27.0 Å². The van der Waals surface area contributed by atoms with Gasteiger partial charge in [0.15, 0.2) is 0 Å². The molecule has 5 atom stereocenters. The average molecular weight is 290 g/mol. The van der Waals surface area contributed by atoms with Gasteiger partial charge in [0.05, 0.1) is 12.0 Å². The maximum Gasteiger partial charge on any atom is 0.0672 e. The SMILES string of the molecule is CCC(C)(C)C1CCC(C#N)C(N2CCC(C)C(C)C2)C1. The molecule has 0 aromatic heterocycles. The lowest BCUT2D eigenvalue weighted by Gasteiger charge is -2.48. The van der Waals surface area contributed by atoms with Gasteiger partial charge < -0.3 is 0 Å². The van der Waals surface area contributed by atoms with Crippen molar-refractivity contribution in [3.63, 3.8) is 0 Å². The van der Waals surface area contributed by atoms with E-state index >= 15 is 0 Å². The van der Waals surface area contributed by atoms with E-state index in [9.17, 15) is 5.26 Å². The van der Waals surface area contributed by atoms with Crippen molar-refractivity contribution in [2.45, 2.75) is 72.8 Å². The van der Waals surface area contributed by atoms with Crippen molar-refractivity contribution < 1.29 is 0 Å². The second-order valence-corrected chi connectivity index (χ2v) is 8.39. The summed E-state index contributed by atoms with van der Waals surface area (Å²) in [6.45, 7) is 14.3. The second kappa shape index (κ2) is 6.69. The molecule has 0 amide bonds. The Morgan fingerprint density at radius 1 is 1.14 bits per heavy atom. The number of likely N-dealkylation sites (tertiary alicyclic amines) is 1. The quantitative estimate of drug-likeness (QED) is 0.752. The molecule has 1 heterocycles. The van der Waals surface area contributed by atoms with Gasteiger partial charge in [0.25, 0.3) is 0 Å². The van der Waals surface area contributed by atoms with E-state index in [0.717, 1.165) is 24.2 Å². The first-order chi connectivity index (χ1) is 9.89. The van der Waals surface area contributed by atoms with Crippen LogP contribution in [-0.4, -0.2) is 24.0 Å². The fraction of sp³-hybridized carbons (Fsp3) is 0.947. The zero-order valence-electron chi connectivity index (χ0n) is 14.7. The fourth-order valence-corrected chi connectivity index (χ4v) is 4.30. The first-order valence-electron chi connectivity index (χ1n) is 9.02. The highest BCUT2D eigenvalue weighted by Crippen LogP contribution is 2.44. The van der Waals surface area contributed by atoms with Crippen LogP contribution in [0.2, 0.25) is 0 Å². The smallest absolute Gasteiger partial charge is 0.0672 e. The molecule has 2 heteroatoms. The Kier molecular flexibility index (Phi) is 5.36. The molecule has 0 spiro atoms. The highest BCUT2D eigenvalue weighted by atomic mass is 15.2. The second-order valence-electron chi connectivity index (χ2n) is 8.39. The molecule has 0 aromatic carbocycles. The highest BCUT2D eigenvalue weighted by molar-refractivity contribution is 5.00. The molecule has 1 saturated heterocycles. The van der Waals surface area contributed by atoms with E-state index in [1.54, 1.807) is 0 Å². The molecule has 0 aromatic rings. The van der Waals surface area contributed by atoms with E-state index in [-0.39, 0.29) is 5.92 Å². The van der Waals surface area contributed by atoms with Gasteiger partial charge >= 0.3 is 0 Å². The summed E-state index contributed by atoms with van der Waals surface area (Å²) in [5.74, 6) is 2.66. The van der Waals surface area contributed by atoms with E-state index < -0.39 is 0 Å². The molecule has 1 saturated carbocycles. The standard InChI is InChI=1S/C19H34N2/c1-6-19(4,5)17-8-7-16(12-20)18(11-17)21-10-9-14(2)15(3)13-21/h14-18H,6-11,13H2,1-5H3. The minimum absolute atomic E-state index is 0.259. The van der Waals surface area contributed by atoms with Crippen LogP contribution in [0.1, 0.15) is 66.7 Å². The molecular weight excluding hydrogens is 256 g/mol. The monoisotopic (exact) mass is 290 g/mol. The van der Waals surface area contributed by atoms with Crippen molar-refractivity contribution in [2.24, 2.45) is 29.1 Å². The number of nitrogens with zero attached hydrogens (tertiary/aromatic N) is 2. The van der Waals surface area contributed by atoms with E-state index in [4.69, 9.17) is 0 Å². The molecule has 2 rings (SSSR count). The van der Waals surface area contributed by atoms with Crippen molar-refractivity contribution in [1.82, 2.24) is 4.90 Å². The van der Waals surface area contributed by atoms with E-state index in [0.29, 0.717) is 11.5 Å². The van der Waals surface area contributed by atoms with Gasteiger partial charge in [0.2, 0.25) is 0 Å². The number of hydrogen-bond acceptors (Lipinski definition) is 2. The van der Waals surface area contributed by atoms with Crippen molar-refractivity contribution >= 4 is 0 Å². The molecule has 2 aliphatic rings. The van der Waals surface area contributed by atoms with Crippen LogP contribution in [0.4, 0.5) is 0 Å². The number of piperidine rings is 1.